The maximum atomic E-state index is 12.8. The topological polar surface area (TPSA) is 68.5 Å². The summed E-state index contributed by atoms with van der Waals surface area (Å²) < 4.78 is 8.20. The molecule has 1 N–H and O–H groups in total. The van der Waals surface area contributed by atoms with Crippen LogP contribution in [0.25, 0.3) is 12.2 Å². The molecule has 3 aromatic rings. The predicted octanol–water partition coefficient (Wildman–Crippen LogP) is 5.49. The minimum Gasteiger partial charge on any atom is -0.497 e. The third-order valence-corrected chi connectivity index (χ3v) is 5.79. The third-order valence-electron chi connectivity index (χ3n) is 4.59. The van der Waals surface area contributed by atoms with E-state index in [1.165, 1.54) is 0 Å². The van der Waals surface area contributed by atoms with Gasteiger partial charge >= 0.3 is 5.97 Å². The molecule has 0 saturated carbocycles. The summed E-state index contributed by atoms with van der Waals surface area (Å²) in [7, 11) is 1.62. The van der Waals surface area contributed by atoms with Crippen molar-refractivity contribution in [1.29, 1.82) is 0 Å². The lowest BCUT2D eigenvalue weighted by Crippen LogP contribution is -2.24. The smallest absolute Gasteiger partial charge is 0.335 e. The van der Waals surface area contributed by atoms with Crippen molar-refractivity contribution in [3.63, 3.8) is 0 Å². The first-order chi connectivity index (χ1) is 14.4. The summed E-state index contributed by atoms with van der Waals surface area (Å²) >= 11 is 6.88. The molecule has 2 aromatic carbocycles. The van der Waals surface area contributed by atoms with E-state index in [4.69, 9.17) is 9.84 Å². The van der Waals surface area contributed by atoms with Crippen molar-refractivity contribution in [3.8, 4) is 5.75 Å². The van der Waals surface area contributed by atoms with Crippen LogP contribution in [0.5, 0.6) is 5.75 Å². The Hall–Kier alpha value is -2.64. The number of halogens is 2. The van der Waals surface area contributed by atoms with Crippen molar-refractivity contribution in [2.45, 2.75) is 13.0 Å². The molecule has 0 bridgehead atoms. The van der Waals surface area contributed by atoms with Gasteiger partial charge in [-0.1, -0.05) is 30.3 Å². The van der Waals surface area contributed by atoms with Crippen molar-refractivity contribution in [2.24, 2.45) is 0 Å². The second-order valence-corrected chi connectivity index (χ2v) is 8.25. The van der Waals surface area contributed by atoms with E-state index < -0.39 is 5.97 Å². The number of methoxy groups -OCH3 is 1. The molecule has 3 rings (SSSR count). The van der Waals surface area contributed by atoms with E-state index in [2.05, 4.69) is 31.9 Å². The summed E-state index contributed by atoms with van der Waals surface area (Å²) in [4.78, 5) is 23.8. The number of nitrogens with zero attached hydrogens (tertiary/aromatic N) is 1. The van der Waals surface area contributed by atoms with Crippen LogP contribution in [0, 0.1) is 0 Å². The van der Waals surface area contributed by atoms with Crippen LogP contribution in [-0.2, 0) is 13.0 Å². The lowest BCUT2D eigenvalue weighted by Gasteiger charge is -2.13. The number of hydrogen-bond acceptors (Lipinski definition) is 3. The van der Waals surface area contributed by atoms with E-state index in [0.29, 0.717) is 17.4 Å². The Morgan fingerprint density at radius 2 is 1.80 bits per heavy atom. The largest absolute Gasteiger partial charge is 0.497 e. The molecule has 154 valence electrons. The van der Waals surface area contributed by atoms with Crippen LogP contribution in [0.4, 0.5) is 0 Å². The molecule has 1 heterocycles. The molecule has 0 aliphatic rings. The van der Waals surface area contributed by atoms with Crippen molar-refractivity contribution < 1.29 is 14.6 Å². The van der Waals surface area contributed by atoms with Gasteiger partial charge in [0.2, 0.25) is 0 Å². The third kappa shape index (κ3) is 5.29. The highest BCUT2D eigenvalue weighted by Gasteiger charge is 2.11. The number of hydrogen-bond donors (Lipinski definition) is 1. The van der Waals surface area contributed by atoms with E-state index in [1.807, 2.05) is 36.4 Å². The summed E-state index contributed by atoms with van der Waals surface area (Å²) in [6.07, 6.45) is 4.40. The zero-order valence-electron chi connectivity index (χ0n) is 16.1. The van der Waals surface area contributed by atoms with Gasteiger partial charge in [-0.05, 0) is 85.8 Å². The fourth-order valence-corrected chi connectivity index (χ4v) is 4.31. The van der Waals surface area contributed by atoms with Crippen LogP contribution < -0.4 is 10.3 Å². The maximum Gasteiger partial charge on any atom is 0.335 e. The molecule has 0 aliphatic heterocycles. The van der Waals surface area contributed by atoms with Crippen LogP contribution in [-0.4, -0.2) is 22.8 Å². The Morgan fingerprint density at radius 1 is 1.07 bits per heavy atom. The van der Waals surface area contributed by atoms with Gasteiger partial charge in [0.05, 0.1) is 22.8 Å². The average Bonchev–Trinajstić information content (AvgIpc) is 2.75. The zero-order chi connectivity index (χ0) is 21.7. The summed E-state index contributed by atoms with van der Waals surface area (Å²) in [6, 6.07) is 16.1. The molecule has 0 aliphatic carbocycles. The van der Waals surface area contributed by atoms with Crippen molar-refractivity contribution in [2.75, 3.05) is 7.11 Å². The number of pyridine rings is 1. The minimum atomic E-state index is -0.960. The molecule has 5 nitrogen and oxygen atoms in total. The number of ether oxygens (including phenoxy) is 1. The zero-order valence-corrected chi connectivity index (χ0v) is 19.3. The van der Waals surface area contributed by atoms with Crippen molar-refractivity contribution in [1.82, 2.24) is 4.57 Å². The Morgan fingerprint density at radius 3 is 2.47 bits per heavy atom. The normalized spacial score (nSPS) is 11.0. The van der Waals surface area contributed by atoms with Crippen LogP contribution in [0.1, 0.15) is 27.2 Å². The lowest BCUT2D eigenvalue weighted by atomic mass is 10.1. The summed E-state index contributed by atoms with van der Waals surface area (Å²) in [5.74, 6) is -0.201. The first kappa shape index (κ1) is 22.1. The van der Waals surface area contributed by atoms with Gasteiger partial charge in [0, 0.05) is 11.0 Å². The van der Waals surface area contributed by atoms with Gasteiger partial charge < -0.3 is 14.4 Å². The predicted molar refractivity (Wildman–Crippen MR) is 125 cm³/mol. The van der Waals surface area contributed by atoms with E-state index in [9.17, 15) is 9.59 Å². The number of rotatable bonds is 7. The summed E-state index contributed by atoms with van der Waals surface area (Å²) in [6.45, 7) is 0.446. The number of carboxylic acids is 1. The van der Waals surface area contributed by atoms with Crippen molar-refractivity contribution in [3.05, 3.63) is 96.3 Å². The Bertz CT molecular complexity index is 1150. The van der Waals surface area contributed by atoms with Crippen LogP contribution in [0.15, 0.2) is 68.3 Å². The number of carboxylic acid groups (broad SMARTS) is 1. The molecule has 0 amide bonds. The van der Waals surface area contributed by atoms with E-state index in [-0.39, 0.29) is 11.1 Å². The van der Waals surface area contributed by atoms with Gasteiger partial charge in [0.15, 0.2) is 0 Å². The van der Waals surface area contributed by atoms with Gasteiger partial charge in [-0.25, -0.2) is 4.79 Å². The van der Waals surface area contributed by atoms with Crippen molar-refractivity contribution >= 4 is 50.0 Å². The molecule has 0 saturated heterocycles. The Balaban J connectivity index is 1.90. The monoisotopic (exact) mass is 531 g/mol. The second-order valence-electron chi connectivity index (χ2n) is 6.54. The highest BCUT2D eigenvalue weighted by atomic mass is 79.9. The average molecular weight is 533 g/mol. The van der Waals surface area contributed by atoms with E-state index in [1.54, 1.807) is 42.0 Å². The van der Waals surface area contributed by atoms with Gasteiger partial charge in [0.1, 0.15) is 5.75 Å². The molecule has 0 spiro atoms. The van der Waals surface area contributed by atoms with Crippen LogP contribution >= 0.6 is 31.9 Å². The molecular weight excluding hydrogens is 514 g/mol. The number of benzene rings is 2. The fraction of sp³-hybridized carbons (Fsp3) is 0.130. The molecule has 7 heteroatoms. The highest BCUT2D eigenvalue weighted by molar-refractivity contribution is 9.11. The molecular formula is C23H19Br2NO4. The molecule has 0 unspecified atom stereocenters. The number of carbonyl (C=O) groups is 1. The molecule has 0 fully saturated rings. The lowest BCUT2D eigenvalue weighted by molar-refractivity contribution is 0.0697. The van der Waals surface area contributed by atoms with E-state index >= 15 is 0 Å². The standard InChI is InChI=1S/C23H19Br2NO4/c1-30-18-4-2-3-16(13-18)7-10-21-19(24)14-20(25)22(27)26(21)12-11-15-5-8-17(9-6-15)23(28)29/h2-10,13-14H,11-12H2,1H3,(H,28,29). The highest BCUT2D eigenvalue weighted by Crippen LogP contribution is 2.23. The quantitative estimate of drug-likeness (QED) is 0.436. The number of aryl methyl sites for hydroxylation is 1. The molecule has 1 aromatic heterocycles. The first-order valence-corrected chi connectivity index (χ1v) is 10.7. The molecule has 30 heavy (non-hydrogen) atoms. The van der Waals surface area contributed by atoms with E-state index in [0.717, 1.165) is 27.0 Å². The van der Waals surface area contributed by atoms with Gasteiger partial charge in [-0.2, -0.15) is 0 Å². The van der Waals surface area contributed by atoms with Gasteiger partial charge in [-0.3, -0.25) is 4.79 Å². The molecule has 0 radical (unpaired) electrons. The maximum absolute atomic E-state index is 12.8. The second kappa shape index (κ2) is 9.91. The SMILES string of the molecule is COc1cccc(C=Cc2c(Br)cc(Br)c(=O)n2CCc2ccc(C(=O)O)cc2)c1. The first-order valence-electron chi connectivity index (χ1n) is 9.12. The number of aromatic nitrogens is 1. The Labute approximate surface area is 190 Å². The van der Waals surface area contributed by atoms with Gasteiger partial charge in [0.25, 0.3) is 5.56 Å². The molecule has 0 atom stereocenters. The fourth-order valence-electron chi connectivity index (χ4n) is 2.98. The summed E-state index contributed by atoms with van der Waals surface area (Å²) in [5.41, 5.74) is 2.75. The van der Waals surface area contributed by atoms with Gasteiger partial charge in [-0.15, -0.1) is 0 Å². The Kier molecular flexibility index (Phi) is 7.29. The summed E-state index contributed by atoms with van der Waals surface area (Å²) in [5, 5.41) is 9.03. The van der Waals surface area contributed by atoms with Crippen LogP contribution in [0.3, 0.4) is 0 Å². The minimum absolute atomic E-state index is 0.134. The van der Waals surface area contributed by atoms with Crippen LogP contribution in [0.2, 0.25) is 0 Å². The number of aromatic carboxylic acids is 1.